The number of hydrogen-bond acceptors (Lipinski definition) is 6. The summed E-state index contributed by atoms with van der Waals surface area (Å²) in [5, 5.41) is 18.3. The van der Waals surface area contributed by atoms with Gasteiger partial charge >= 0.3 is 0 Å². The number of thiazole rings is 1. The normalized spacial score (nSPS) is 10.4. The lowest BCUT2D eigenvalue weighted by Crippen LogP contribution is -1.95. The number of aromatic nitrogens is 5. The van der Waals surface area contributed by atoms with E-state index >= 15 is 0 Å². The largest absolute Gasteiger partial charge is 0.372 e. The minimum atomic E-state index is 0.749. The molecule has 0 atom stereocenters. The zero-order valence-electron chi connectivity index (χ0n) is 14.4. The van der Waals surface area contributed by atoms with E-state index in [2.05, 4.69) is 56.7 Å². The average Bonchev–Trinajstić information content (AvgIpc) is 3.33. The first-order valence-corrected chi connectivity index (χ1v) is 9.03. The number of fused-ring (bicyclic) bond motifs is 1. The Hall–Kier alpha value is -2.80. The molecule has 7 heteroatoms. The Labute approximate surface area is 150 Å². The van der Waals surface area contributed by atoms with Crippen molar-refractivity contribution in [3.8, 4) is 22.4 Å². The Balaban J connectivity index is 0.000000569. The zero-order valence-corrected chi connectivity index (χ0v) is 15.3. The van der Waals surface area contributed by atoms with E-state index in [9.17, 15) is 0 Å². The van der Waals surface area contributed by atoms with E-state index in [1.165, 1.54) is 6.42 Å². The van der Waals surface area contributed by atoms with Crippen LogP contribution in [0.4, 0.5) is 5.82 Å². The van der Waals surface area contributed by atoms with Gasteiger partial charge in [0.15, 0.2) is 0 Å². The van der Waals surface area contributed by atoms with Gasteiger partial charge in [0.25, 0.3) is 0 Å². The second-order valence-electron chi connectivity index (χ2n) is 5.44. The lowest BCUT2D eigenvalue weighted by Gasteiger charge is -2.06. The Kier molecular flexibility index (Phi) is 5.35. The minimum Gasteiger partial charge on any atom is -0.372 e. The number of nitrogens with zero attached hydrogens (tertiary/aromatic N) is 4. The van der Waals surface area contributed by atoms with Gasteiger partial charge in [-0.25, -0.2) is 4.98 Å². The summed E-state index contributed by atoms with van der Waals surface area (Å²) < 4.78 is 1.10. The van der Waals surface area contributed by atoms with Gasteiger partial charge in [-0.05, 0) is 12.1 Å². The van der Waals surface area contributed by atoms with E-state index in [4.69, 9.17) is 0 Å². The van der Waals surface area contributed by atoms with Crippen LogP contribution in [-0.4, -0.2) is 32.4 Å². The number of anilines is 1. The number of rotatable bonds is 3. The summed E-state index contributed by atoms with van der Waals surface area (Å²) in [6.45, 7) is 4.25. The van der Waals surface area contributed by atoms with E-state index in [1.54, 1.807) is 17.5 Å². The quantitative estimate of drug-likeness (QED) is 0.563. The van der Waals surface area contributed by atoms with Crippen LogP contribution in [0.15, 0.2) is 42.2 Å². The Bertz CT molecular complexity index is 928. The van der Waals surface area contributed by atoms with Gasteiger partial charge in [0.1, 0.15) is 5.82 Å². The van der Waals surface area contributed by atoms with Gasteiger partial charge in [-0.3, -0.25) is 5.10 Å². The third-order valence-corrected chi connectivity index (χ3v) is 4.35. The van der Waals surface area contributed by atoms with Crippen LogP contribution in [0.25, 0.3) is 32.6 Å². The molecule has 0 fully saturated rings. The molecule has 2 N–H and O–H groups in total. The van der Waals surface area contributed by atoms with E-state index in [0.29, 0.717) is 0 Å². The molecule has 3 aromatic heterocycles. The van der Waals surface area contributed by atoms with Crippen molar-refractivity contribution in [1.82, 2.24) is 25.4 Å². The molecule has 128 valence electrons. The summed E-state index contributed by atoms with van der Waals surface area (Å²) in [7, 11) is 1.82. The summed E-state index contributed by atoms with van der Waals surface area (Å²) in [5.41, 5.74) is 6.79. The van der Waals surface area contributed by atoms with E-state index < -0.39 is 0 Å². The van der Waals surface area contributed by atoms with Gasteiger partial charge in [-0.1, -0.05) is 32.4 Å². The molecule has 0 amide bonds. The first kappa shape index (κ1) is 17.0. The number of nitrogens with one attached hydrogen (secondary N) is 2. The highest BCUT2D eigenvalue weighted by Gasteiger charge is 2.13. The summed E-state index contributed by atoms with van der Waals surface area (Å²) in [5.74, 6) is 0.749. The van der Waals surface area contributed by atoms with Gasteiger partial charge < -0.3 is 5.32 Å². The van der Waals surface area contributed by atoms with Crippen LogP contribution in [-0.2, 0) is 0 Å². The molecule has 25 heavy (non-hydrogen) atoms. The fourth-order valence-corrected chi connectivity index (χ4v) is 3.23. The van der Waals surface area contributed by atoms with Gasteiger partial charge in [-0.2, -0.15) is 5.10 Å². The molecule has 0 saturated heterocycles. The molecule has 0 aliphatic rings. The fourth-order valence-electron chi connectivity index (χ4n) is 2.39. The van der Waals surface area contributed by atoms with Gasteiger partial charge in [0.05, 0.1) is 27.6 Å². The Morgan fingerprint density at radius 2 is 1.88 bits per heavy atom. The fraction of sp³-hybridized carbons (Fsp3) is 0.222. The predicted molar refractivity (Wildman–Crippen MR) is 104 cm³/mol. The van der Waals surface area contributed by atoms with Crippen LogP contribution in [0.3, 0.4) is 0 Å². The van der Waals surface area contributed by atoms with Crippen molar-refractivity contribution >= 4 is 27.4 Å². The highest BCUT2D eigenvalue weighted by Crippen LogP contribution is 2.36. The maximum Gasteiger partial charge on any atom is 0.148 e. The lowest BCUT2D eigenvalue weighted by molar-refractivity contribution is 1.04. The third-order valence-electron chi connectivity index (χ3n) is 3.49. The van der Waals surface area contributed by atoms with Gasteiger partial charge in [0, 0.05) is 29.9 Å². The third kappa shape index (κ3) is 3.51. The van der Waals surface area contributed by atoms with Crippen molar-refractivity contribution in [3.63, 3.8) is 0 Å². The van der Waals surface area contributed by atoms with Crippen molar-refractivity contribution < 1.29 is 0 Å². The minimum absolute atomic E-state index is 0.749. The molecule has 6 nitrogen and oxygen atoms in total. The maximum atomic E-state index is 4.51. The second kappa shape index (κ2) is 7.85. The summed E-state index contributed by atoms with van der Waals surface area (Å²) in [6.07, 6.45) is 4.92. The molecule has 0 aliphatic carbocycles. The molecule has 0 bridgehead atoms. The SMILES string of the molecule is CCC.CNc1ccc(-c2ccc(-c3cn[nH]c3)c3ncsc23)nn1. The highest BCUT2D eigenvalue weighted by atomic mass is 32.1. The van der Waals surface area contributed by atoms with Crippen LogP contribution < -0.4 is 5.32 Å². The number of benzene rings is 1. The van der Waals surface area contributed by atoms with Crippen LogP contribution in [0, 0.1) is 0 Å². The molecular formula is C18H20N6S. The monoisotopic (exact) mass is 352 g/mol. The van der Waals surface area contributed by atoms with Crippen molar-refractivity contribution in [3.05, 3.63) is 42.2 Å². The molecule has 0 saturated carbocycles. The van der Waals surface area contributed by atoms with Crippen LogP contribution in [0.1, 0.15) is 20.3 Å². The van der Waals surface area contributed by atoms with Crippen LogP contribution in [0.5, 0.6) is 0 Å². The molecule has 0 spiro atoms. The van der Waals surface area contributed by atoms with E-state index in [-0.39, 0.29) is 0 Å². The molecule has 1 aromatic carbocycles. The lowest BCUT2D eigenvalue weighted by atomic mass is 10.0. The number of H-pyrrole nitrogens is 1. The van der Waals surface area contributed by atoms with E-state index in [0.717, 1.165) is 38.4 Å². The van der Waals surface area contributed by atoms with Crippen molar-refractivity contribution in [2.45, 2.75) is 20.3 Å². The molecule has 3 heterocycles. The van der Waals surface area contributed by atoms with E-state index in [1.807, 2.05) is 30.9 Å². The summed E-state index contributed by atoms with van der Waals surface area (Å²) in [6, 6.07) is 7.99. The summed E-state index contributed by atoms with van der Waals surface area (Å²) in [4.78, 5) is 4.51. The topological polar surface area (TPSA) is 79.4 Å². The second-order valence-corrected chi connectivity index (χ2v) is 6.29. The van der Waals surface area contributed by atoms with Crippen molar-refractivity contribution in [2.24, 2.45) is 0 Å². The van der Waals surface area contributed by atoms with Crippen molar-refractivity contribution in [1.29, 1.82) is 0 Å². The number of aromatic amines is 1. The zero-order chi connectivity index (χ0) is 17.6. The first-order valence-electron chi connectivity index (χ1n) is 8.15. The van der Waals surface area contributed by atoms with Crippen LogP contribution in [0.2, 0.25) is 0 Å². The van der Waals surface area contributed by atoms with Crippen molar-refractivity contribution in [2.75, 3.05) is 12.4 Å². The molecule has 0 unspecified atom stereocenters. The Morgan fingerprint density at radius 1 is 1.08 bits per heavy atom. The summed E-state index contributed by atoms with van der Waals surface area (Å²) >= 11 is 1.61. The molecular weight excluding hydrogens is 332 g/mol. The molecule has 0 radical (unpaired) electrons. The molecule has 4 aromatic rings. The first-order chi connectivity index (χ1) is 12.3. The van der Waals surface area contributed by atoms with Gasteiger partial charge in [-0.15, -0.1) is 21.5 Å². The average molecular weight is 352 g/mol. The molecule has 0 aliphatic heterocycles. The van der Waals surface area contributed by atoms with Gasteiger partial charge in [0.2, 0.25) is 0 Å². The highest BCUT2D eigenvalue weighted by molar-refractivity contribution is 7.17. The van der Waals surface area contributed by atoms with Crippen LogP contribution >= 0.6 is 11.3 Å². The number of hydrogen-bond donors (Lipinski definition) is 2. The standard InChI is InChI=1S/C15H12N6S.C3H8/c1-16-13-5-4-12(20-21-13)11-3-2-10(9-6-18-19-7-9)14-15(11)22-8-17-14;1-3-2/h2-8H,1H3,(H,16,21)(H,18,19);3H2,1-2H3. The smallest absolute Gasteiger partial charge is 0.148 e. The molecule has 4 rings (SSSR count). The Morgan fingerprint density at radius 3 is 2.52 bits per heavy atom. The predicted octanol–water partition coefficient (Wildman–Crippen LogP) is 4.60. The maximum absolute atomic E-state index is 4.51.